The molecule has 0 aromatic rings. The molecule has 0 amide bonds. The fourth-order valence-electron chi connectivity index (χ4n) is 0.719. The molecule has 1 rings (SSSR count). The third-order valence-corrected chi connectivity index (χ3v) is 2.31. The molecule has 1 N–H and O–H groups in total. The molecule has 46 valence electrons. The van der Waals surface area contributed by atoms with Gasteiger partial charge < -0.3 is 0 Å². The van der Waals surface area contributed by atoms with Gasteiger partial charge in [0.2, 0.25) is 0 Å². The van der Waals surface area contributed by atoms with Crippen LogP contribution in [0.3, 0.4) is 0 Å². The molecular weight excluding hydrogens is 120 g/mol. The van der Waals surface area contributed by atoms with E-state index in [-0.39, 0.29) is 10.2 Å². The van der Waals surface area contributed by atoms with Crippen molar-refractivity contribution in [2.75, 3.05) is 6.54 Å². The summed E-state index contributed by atoms with van der Waals surface area (Å²) in [6.45, 7) is 5.13. The largest absolute Gasteiger partial charge is 0.290 e. The molecule has 1 aliphatic heterocycles. The first-order chi connectivity index (χ1) is 3.60. The van der Waals surface area contributed by atoms with E-state index in [1.165, 1.54) is 0 Å². The summed E-state index contributed by atoms with van der Waals surface area (Å²) < 4.78 is 0.222. The molecule has 2 radical (unpaired) electrons. The Labute approximate surface area is 54.2 Å². The predicted octanol–water partition coefficient (Wildman–Crippen LogP) is 0.454. The van der Waals surface area contributed by atoms with Crippen LogP contribution in [0.5, 0.6) is 0 Å². The van der Waals surface area contributed by atoms with E-state index in [0.717, 1.165) is 6.54 Å². The van der Waals surface area contributed by atoms with Crippen LogP contribution in [0, 0.1) is 0 Å². The Balaban J connectivity index is 2.44. The second kappa shape index (κ2) is 1.90. The fourth-order valence-corrected chi connectivity index (χ4v) is 1.66. The lowest BCUT2D eigenvalue weighted by Gasteiger charge is -2.12. The van der Waals surface area contributed by atoms with E-state index in [9.17, 15) is 0 Å². The van der Waals surface area contributed by atoms with Gasteiger partial charge in [-0.05, 0) is 13.8 Å². The first kappa shape index (κ1) is 6.39. The van der Waals surface area contributed by atoms with Gasteiger partial charge in [-0.1, -0.05) is 0 Å². The molecule has 3 heteroatoms. The summed E-state index contributed by atoms with van der Waals surface area (Å²) in [5.41, 5.74) is 8.57. The van der Waals surface area contributed by atoms with E-state index in [1.54, 1.807) is 11.8 Å². The molecule has 1 unspecified atom stereocenters. The first-order valence-electron chi connectivity index (χ1n) is 2.69. The topological polar surface area (TPSA) is 34.3 Å². The zero-order valence-corrected chi connectivity index (χ0v) is 5.96. The number of nitrogens with zero attached hydrogens (tertiary/aromatic N) is 1. The monoisotopic (exact) mass is 130 g/mol. The molecule has 1 aliphatic rings. The van der Waals surface area contributed by atoms with Crippen molar-refractivity contribution in [1.82, 2.24) is 11.1 Å². The zero-order chi connectivity index (χ0) is 6.20. The van der Waals surface area contributed by atoms with Gasteiger partial charge in [0.1, 0.15) is 5.50 Å². The van der Waals surface area contributed by atoms with Gasteiger partial charge in [0, 0.05) is 11.3 Å². The maximum absolute atomic E-state index is 8.92. The SMILES string of the molecule is CC1(C)CNC([N])S1. The molecule has 0 saturated carbocycles. The van der Waals surface area contributed by atoms with Crippen LogP contribution in [0.1, 0.15) is 13.8 Å². The van der Waals surface area contributed by atoms with E-state index in [2.05, 4.69) is 19.2 Å². The number of hydrogen-bond acceptors (Lipinski definition) is 2. The Hall–Kier alpha value is 0.270. The van der Waals surface area contributed by atoms with Gasteiger partial charge in [-0.25, -0.2) is 0 Å². The summed E-state index contributed by atoms with van der Waals surface area (Å²) in [5, 5.41) is 2.93. The zero-order valence-electron chi connectivity index (χ0n) is 5.14. The lowest BCUT2D eigenvalue weighted by atomic mass is 10.2. The Bertz CT molecular complexity index is 92.4. The lowest BCUT2D eigenvalue weighted by molar-refractivity contribution is 0.624. The number of thioether (sulfide) groups is 1. The Morgan fingerprint density at radius 2 is 2.38 bits per heavy atom. The van der Waals surface area contributed by atoms with Crippen LogP contribution >= 0.6 is 11.8 Å². The predicted molar refractivity (Wildman–Crippen MR) is 35.6 cm³/mol. The smallest absolute Gasteiger partial charge is 0.140 e. The van der Waals surface area contributed by atoms with E-state index in [0.29, 0.717) is 0 Å². The van der Waals surface area contributed by atoms with Crippen LogP contribution < -0.4 is 11.1 Å². The van der Waals surface area contributed by atoms with E-state index in [4.69, 9.17) is 5.73 Å². The molecule has 0 aliphatic carbocycles. The Morgan fingerprint density at radius 3 is 2.50 bits per heavy atom. The third-order valence-electron chi connectivity index (χ3n) is 1.13. The molecule has 1 atom stereocenters. The van der Waals surface area contributed by atoms with Gasteiger partial charge in [0.15, 0.2) is 0 Å². The van der Waals surface area contributed by atoms with Gasteiger partial charge >= 0.3 is 0 Å². The fraction of sp³-hybridized carbons (Fsp3) is 1.00. The van der Waals surface area contributed by atoms with Gasteiger partial charge in [-0.15, -0.1) is 17.5 Å². The number of hydrogen-bond donors (Lipinski definition) is 1. The molecule has 2 nitrogen and oxygen atoms in total. The minimum Gasteiger partial charge on any atom is -0.290 e. The molecule has 0 bridgehead atoms. The maximum Gasteiger partial charge on any atom is 0.140 e. The van der Waals surface area contributed by atoms with Crippen LogP contribution in [0.4, 0.5) is 0 Å². The Morgan fingerprint density at radius 1 is 1.75 bits per heavy atom. The molecule has 1 fully saturated rings. The average molecular weight is 130 g/mol. The van der Waals surface area contributed by atoms with Crippen LogP contribution in [0.2, 0.25) is 0 Å². The van der Waals surface area contributed by atoms with Gasteiger partial charge in [0.05, 0.1) is 0 Å². The first-order valence-corrected chi connectivity index (χ1v) is 3.57. The normalized spacial score (nSPS) is 35.6. The molecule has 1 heterocycles. The summed E-state index contributed by atoms with van der Waals surface area (Å²) in [6, 6.07) is 0. The summed E-state index contributed by atoms with van der Waals surface area (Å²) in [6.07, 6.45) is 0. The van der Waals surface area contributed by atoms with Crippen molar-refractivity contribution in [2.45, 2.75) is 24.1 Å². The molecular formula is C5H10N2S. The summed E-state index contributed by atoms with van der Waals surface area (Å²) in [5.74, 6) is 0. The second-order valence-corrected chi connectivity index (χ2v) is 4.40. The van der Waals surface area contributed by atoms with Crippen LogP contribution in [-0.4, -0.2) is 16.8 Å². The minimum absolute atomic E-state index is 0.222. The van der Waals surface area contributed by atoms with Gasteiger partial charge in [0.25, 0.3) is 0 Å². The summed E-state index contributed by atoms with van der Waals surface area (Å²) in [7, 11) is 0. The standard InChI is InChI=1S/C5H10N2S/c1-5(2)3-7-4(6)8-5/h4,7H,3H2,1-2H3. The second-order valence-electron chi connectivity index (χ2n) is 2.61. The summed E-state index contributed by atoms with van der Waals surface area (Å²) in [4.78, 5) is 0. The number of nitrogens with one attached hydrogen (secondary N) is 1. The average Bonchev–Trinajstić information content (AvgIpc) is 1.82. The molecule has 1 saturated heterocycles. The highest BCUT2D eigenvalue weighted by atomic mass is 32.2. The Kier molecular flexibility index (Phi) is 1.52. The van der Waals surface area contributed by atoms with E-state index in [1.807, 2.05) is 0 Å². The van der Waals surface area contributed by atoms with Crippen molar-refractivity contribution in [2.24, 2.45) is 0 Å². The lowest BCUT2D eigenvalue weighted by Crippen LogP contribution is -2.23. The van der Waals surface area contributed by atoms with Gasteiger partial charge in [-0.3, -0.25) is 5.32 Å². The maximum atomic E-state index is 8.92. The van der Waals surface area contributed by atoms with Gasteiger partial charge in [-0.2, -0.15) is 0 Å². The highest BCUT2D eigenvalue weighted by Gasteiger charge is 2.29. The van der Waals surface area contributed by atoms with Crippen molar-refractivity contribution < 1.29 is 0 Å². The molecule has 0 aromatic carbocycles. The van der Waals surface area contributed by atoms with Crippen LogP contribution in [0.25, 0.3) is 0 Å². The van der Waals surface area contributed by atoms with E-state index >= 15 is 0 Å². The van der Waals surface area contributed by atoms with Crippen molar-refractivity contribution >= 4 is 11.8 Å². The highest BCUT2D eigenvalue weighted by Crippen LogP contribution is 2.30. The van der Waals surface area contributed by atoms with E-state index < -0.39 is 0 Å². The van der Waals surface area contributed by atoms with Crippen molar-refractivity contribution in [1.29, 1.82) is 0 Å². The van der Waals surface area contributed by atoms with Crippen LogP contribution in [0.15, 0.2) is 0 Å². The minimum atomic E-state index is -0.343. The van der Waals surface area contributed by atoms with Crippen molar-refractivity contribution in [3.63, 3.8) is 0 Å². The molecule has 8 heavy (non-hydrogen) atoms. The van der Waals surface area contributed by atoms with Crippen molar-refractivity contribution in [3.05, 3.63) is 0 Å². The highest BCUT2D eigenvalue weighted by molar-refractivity contribution is 8.01. The quantitative estimate of drug-likeness (QED) is 0.516. The summed E-state index contributed by atoms with van der Waals surface area (Å²) >= 11 is 1.57. The van der Waals surface area contributed by atoms with Crippen LogP contribution in [-0.2, 0) is 0 Å². The number of rotatable bonds is 0. The molecule has 0 aromatic heterocycles. The third kappa shape index (κ3) is 1.37. The molecule has 0 spiro atoms. The van der Waals surface area contributed by atoms with Crippen molar-refractivity contribution in [3.8, 4) is 0 Å².